The third kappa shape index (κ3) is 6.53. The summed E-state index contributed by atoms with van der Waals surface area (Å²) in [7, 11) is 1.56. The summed E-state index contributed by atoms with van der Waals surface area (Å²) >= 11 is 0. The maximum Gasteiger partial charge on any atom is 0.417 e. The number of carbonyl (C=O) groups is 1. The molecule has 42 heavy (non-hydrogen) atoms. The second-order valence-corrected chi connectivity index (χ2v) is 9.93. The van der Waals surface area contributed by atoms with Gasteiger partial charge in [-0.3, -0.25) is 4.90 Å². The van der Waals surface area contributed by atoms with E-state index in [1.807, 2.05) is 0 Å². The van der Waals surface area contributed by atoms with Crippen molar-refractivity contribution >= 4 is 11.9 Å². The molecule has 16 heteroatoms. The third-order valence-electron chi connectivity index (χ3n) is 7.15. The number of hydrogen-bond acceptors (Lipinski definition) is 6. The number of pyridine rings is 1. The number of ether oxygens (including phenoxy) is 3. The van der Waals surface area contributed by atoms with Gasteiger partial charge in [0.05, 0.1) is 48.5 Å². The molecule has 0 unspecified atom stereocenters. The number of cyclic esters (lactones) is 1. The van der Waals surface area contributed by atoms with E-state index in [9.17, 15) is 44.3 Å². The van der Waals surface area contributed by atoms with E-state index in [0.29, 0.717) is 24.9 Å². The Morgan fingerprint density at radius 1 is 0.952 bits per heavy atom. The predicted octanol–water partition coefficient (Wildman–Crippen LogP) is 6.46. The van der Waals surface area contributed by atoms with Crippen molar-refractivity contribution in [1.82, 2.24) is 9.88 Å². The standard InChI is InChI=1S/C26H26F9N3O4/c1-4-41-20-12-40-11-19(20)37(3)22-15(7-18(9-36-22)26(33,34)35)10-38-13(2)21(42-23(38)39)14-5-16(24(27,28)29)8-17(6-14)25(30,31)32/h5-9,13,19-21H,4,10-12H2,1-3H3/t13-,19-,20-,21-/m0/s1. The number of anilines is 1. The summed E-state index contributed by atoms with van der Waals surface area (Å²) in [6, 6.07) is 0.0129. The Kier molecular flexibility index (Phi) is 8.62. The zero-order chi connectivity index (χ0) is 31.2. The fourth-order valence-electron chi connectivity index (χ4n) is 4.99. The molecule has 1 amide bonds. The van der Waals surface area contributed by atoms with Crippen molar-refractivity contribution < 1.29 is 58.5 Å². The number of carbonyl (C=O) groups excluding carboxylic acids is 1. The molecule has 2 aromatic rings. The van der Waals surface area contributed by atoms with Crippen LogP contribution in [0.3, 0.4) is 0 Å². The van der Waals surface area contributed by atoms with E-state index in [4.69, 9.17) is 14.2 Å². The van der Waals surface area contributed by atoms with Gasteiger partial charge in [-0.2, -0.15) is 39.5 Å². The van der Waals surface area contributed by atoms with Gasteiger partial charge in [-0.15, -0.1) is 0 Å². The van der Waals surface area contributed by atoms with Gasteiger partial charge in [-0.25, -0.2) is 9.78 Å². The monoisotopic (exact) mass is 615 g/mol. The summed E-state index contributed by atoms with van der Waals surface area (Å²) in [5.41, 5.74) is -4.96. The van der Waals surface area contributed by atoms with E-state index in [2.05, 4.69) is 4.98 Å². The quantitative estimate of drug-likeness (QED) is 0.334. The Hall–Kier alpha value is -3.27. The molecule has 7 nitrogen and oxygen atoms in total. The molecule has 2 saturated heterocycles. The molecule has 0 radical (unpaired) electrons. The molecule has 1 aromatic carbocycles. The smallest absolute Gasteiger partial charge is 0.417 e. The van der Waals surface area contributed by atoms with Crippen molar-refractivity contribution in [3.63, 3.8) is 0 Å². The molecule has 0 N–H and O–H groups in total. The topological polar surface area (TPSA) is 64.1 Å². The van der Waals surface area contributed by atoms with Crippen LogP contribution < -0.4 is 4.90 Å². The van der Waals surface area contributed by atoms with Gasteiger partial charge in [-0.05, 0) is 43.7 Å². The molecule has 0 aliphatic carbocycles. The zero-order valence-corrected chi connectivity index (χ0v) is 22.4. The van der Waals surface area contributed by atoms with Crippen LogP contribution in [0.15, 0.2) is 30.5 Å². The summed E-state index contributed by atoms with van der Waals surface area (Å²) in [5, 5.41) is 0. The van der Waals surface area contributed by atoms with Crippen molar-refractivity contribution in [3.8, 4) is 0 Å². The van der Waals surface area contributed by atoms with E-state index in [-0.39, 0.29) is 30.7 Å². The van der Waals surface area contributed by atoms with Gasteiger partial charge in [0.2, 0.25) is 0 Å². The largest absolute Gasteiger partial charge is 0.439 e. The first kappa shape index (κ1) is 31.7. The minimum absolute atomic E-state index is 0.0464. The number of halogens is 9. The molecule has 2 fully saturated rings. The lowest BCUT2D eigenvalue weighted by Gasteiger charge is -2.31. The van der Waals surface area contributed by atoms with Crippen molar-refractivity contribution in [2.24, 2.45) is 0 Å². The fourth-order valence-corrected chi connectivity index (χ4v) is 4.99. The number of likely N-dealkylation sites (N-methyl/N-ethyl adjacent to an activating group) is 1. The van der Waals surface area contributed by atoms with Gasteiger partial charge in [0.15, 0.2) is 0 Å². The first-order valence-electron chi connectivity index (χ1n) is 12.7. The van der Waals surface area contributed by atoms with E-state index in [1.54, 1.807) is 18.9 Å². The average Bonchev–Trinajstić information content (AvgIpc) is 3.46. The predicted molar refractivity (Wildman–Crippen MR) is 128 cm³/mol. The molecule has 1 aromatic heterocycles. The lowest BCUT2D eigenvalue weighted by molar-refractivity contribution is -0.143. The van der Waals surface area contributed by atoms with Gasteiger partial charge in [0, 0.05) is 25.4 Å². The van der Waals surface area contributed by atoms with Crippen LogP contribution in [0.5, 0.6) is 0 Å². The summed E-state index contributed by atoms with van der Waals surface area (Å²) in [6.07, 6.45) is -17.6. The maximum atomic E-state index is 13.6. The molecule has 232 valence electrons. The SMILES string of the molecule is CCO[C@H]1COC[C@@H]1N(C)c1ncc(C(F)(F)F)cc1CN1C(=O)O[C@H](c2cc(C(F)(F)F)cc(C(F)(F)F)c2)[C@@H]1C. The molecule has 0 spiro atoms. The Morgan fingerprint density at radius 2 is 1.55 bits per heavy atom. The molecule has 3 heterocycles. The lowest BCUT2D eigenvalue weighted by atomic mass is 9.97. The van der Waals surface area contributed by atoms with Crippen molar-refractivity contribution in [1.29, 1.82) is 0 Å². The second-order valence-electron chi connectivity index (χ2n) is 9.93. The van der Waals surface area contributed by atoms with Crippen molar-refractivity contribution in [2.45, 2.75) is 63.2 Å². The Bertz CT molecular complexity index is 1270. The fraction of sp³-hybridized carbons (Fsp3) is 0.538. The average molecular weight is 615 g/mol. The number of aromatic nitrogens is 1. The Balaban J connectivity index is 1.70. The summed E-state index contributed by atoms with van der Waals surface area (Å²) in [4.78, 5) is 19.3. The Labute approximate surface area is 234 Å². The van der Waals surface area contributed by atoms with Gasteiger partial charge in [0.1, 0.15) is 18.0 Å². The molecular weight excluding hydrogens is 589 g/mol. The molecule has 4 rings (SSSR count). The number of hydrogen-bond donors (Lipinski definition) is 0. The molecule has 2 aliphatic rings. The third-order valence-corrected chi connectivity index (χ3v) is 7.15. The van der Waals surface area contributed by atoms with Crippen LogP contribution in [0.25, 0.3) is 0 Å². The molecular formula is C26H26F9N3O4. The van der Waals surface area contributed by atoms with Gasteiger partial charge in [-0.1, -0.05) is 0 Å². The van der Waals surface area contributed by atoms with Crippen LogP contribution in [-0.2, 0) is 39.3 Å². The van der Waals surface area contributed by atoms with Gasteiger partial charge in [0.25, 0.3) is 0 Å². The zero-order valence-electron chi connectivity index (χ0n) is 22.4. The highest BCUT2D eigenvalue weighted by Gasteiger charge is 2.44. The van der Waals surface area contributed by atoms with Crippen LogP contribution >= 0.6 is 0 Å². The summed E-state index contributed by atoms with van der Waals surface area (Å²) in [5.74, 6) is 0.0464. The Morgan fingerprint density at radius 3 is 2.10 bits per heavy atom. The second kappa shape index (κ2) is 11.4. The highest BCUT2D eigenvalue weighted by atomic mass is 19.4. The van der Waals surface area contributed by atoms with E-state index in [1.165, 1.54) is 6.92 Å². The first-order valence-corrected chi connectivity index (χ1v) is 12.7. The van der Waals surface area contributed by atoms with E-state index < -0.39 is 77.7 Å². The number of nitrogens with zero attached hydrogens (tertiary/aromatic N) is 3. The molecule has 0 saturated carbocycles. The van der Waals surface area contributed by atoms with Crippen LogP contribution in [-0.4, -0.2) is 61.0 Å². The maximum absolute atomic E-state index is 13.6. The number of alkyl halides is 9. The summed E-state index contributed by atoms with van der Waals surface area (Å²) < 4.78 is 138. The molecule has 2 aliphatic heterocycles. The first-order chi connectivity index (χ1) is 19.4. The lowest BCUT2D eigenvalue weighted by Crippen LogP contribution is -2.43. The molecule has 0 bridgehead atoms. The molecule has 4 atom stereocenters. The highest BCUT2D eigenvalue weighted by Crippen LogP contribution is 2.42. The number of rotatable bonds is 7. The van der Waals surface area contributed by atoms with Crippen molar-refractivity contribution in [3.05, 3.63) is 58.3 Å². The normalized spacial score (nSPS) is 23.4. The number of benzene rings is 1. The van der Waals surface area contributed by atoms with Crippen molar-refractivity contribution in [2.75, 3.05) is 31.8 Å². The van der Waals surface area contributed by atoms with Crippen LogP contribution in [0.1, 0.15) is 47.8 Å². The minimum Gasteiger partial charge on any atom is -0.439 e. The number of amides is 1. The van der Waals surface area contributed by atoms with E-state index in [0.717, 1.165) is 11.0 Å². The van der Waals surface area contributed by atoms with Gasteiger partial charge >= 0.3 is 24.6 Å². The highest BCUT2D eigenvalue weighted by molar-refractivity contribution is 5.71. The van der Waals surface area contributed by atoms with Gasteiger partial charge < -0.3 is 19.1 Å². The van der Waals surface area contributed by atoms with E-state index >= 15 is 0 Å². The van der Waals surface area contributed by atoms with Crippen LogP contribution in [0.4, 0.5) is 50.1 Å². The summed E-state index contributed by atoms with van der Waals surface area (Å²) in [6.45, 7) is 3.28. The van der Waals surface area contributed by atoms with Crippen LogP contribution in [0, 0.1) is 0 Å². The van der Waals surface area contributed by atoms with Crippen LogP contribution in [0.2, 0.25) is 0 Å². The minimum atomic E-state index is -5.13.